The molecule has 3 aromatic rings. The number of aromatic nitrogens is 1. The molecule has 1 aliphatic rings. The third-order valence-electron chi connectivity index (χ3n) is 5.88. The summed E-state index contributed by atoms with van der Waals surface area (Å²) in [5.74, 6) is 0.858. The number of aryl methyl sites for hydroxylation is 2. The molecule has 0 saturated carbocycles. The molecular formula is C25H28ClN3O2S2. The molecule has 0 radical (unpaired) electrons. The van der Waals surface area contributed by atoms with Gasteiger partial charge in [0, 0.05) is 30.2 Å². The van der Waals surface area contributed by atoms with Crippen molar-refractivity contribution < 1.29 is 8.42 Å². The Morgan fingerprint density at radius 2 is 1.79 bits per heavy atom. The number of pyridine rings is 1. The van der Waals surface area contributed by atoms with Crippen LogP contribution in [0.15, 0.2) is 76.7 Å². The van der Waals surface area contributed by atoms with Gasteiger partial charge in [0.25, 0.3) is 0 Å². The van der Waals surface area contributed by atoms with Crippen LogP contribution in [-0.2, 0) is 16.4 Å². The predicted octanol–water partition coefficient (Wildman–Crippen LogP) is 5.97. The molecule has 0 amide bonds. The summed E-state index contributed by atoms with van der Waals surface area (Å²) in [7, 11) is -3.50. The summed E-state index contributed by atoms with van der Waals surface area (Å²) < 4.78 is 30.2. The Balaban J connectivity index is 1.53. The Morgan fingerprint density at radius 1 is 1.09 bits per heavy atom. The number of halogens is 1. The first kappa shape index (κ1) is 24.1. The minimum Gasteiger partial charge on any atom is -0.293 e. The second kappa shape index (κ2) is 10.5. The highest BCUT2D eigenvalue weighted by atomic mass is 35.5. The molecule has 1 aliphatic heterocycles. The van der Waals surface area contributed by atoms with Crippen LogP contribution >= 0.6 is 23.5 Å². The molecule has 33 heavy (non-hydrogen) atoms. The van der Waals surface area contributed by atoms with E-state index in [9.17, 15) is 8.42 Å². The van der Waals surface area contributed by atoms with E-state index in [1.54, 1.807) is 28.4 Å². The highest BCUT2D eigenvalue weighted by Gasteiger charge is 2.33. The molecule has 1 fully saturated rings. The van der Waals surface area contributed by atoms with Crippen molar-refractivity contribution in [1.82, 2.24) is 9.29 Å². The Hall–Kier alpha value is -2.06. The van der Waals surface area contributed by atoms with Gasteiger partial charge in [-0.3, -0.25) is 4.31 Å². The van der Waals surface area contributed by atoms with E-state index >= 15 is 0 Å². The number of sulfonamides is 1. The zero-order valence-corrected chi connectivity index (χ0v) is 21.2. The number of hydrogen-bond acceptors (Lipinski definition) is 5. The SMILES string of the molecule is CCc1ccc(S(=O)(=O)N2CCC(N(Sc3ccccc3Cl)c3cc(C)ccn3)CC2)cc1. The van der Waals surface area contributed by atoms with Crippen LogP contribution in [-0.4, -0.2) is 36.8 Å². The maximum atomic E-state index is 13.2. The number of benzene rings is 2. The van der Waals surface area contributed by atoms with Gasteiger partial charge in [-0.25, -0.2) is 13.4 Å². The fourth-order valence-electron chi connectivity index (χ4n) is 3.94. The summed E-state index contributed by atoms with van der Waals surface area (Å²) in [5, 5.41) is 0.690. The molecule has 0 N–H and O–H groups in total. The van der Waals surface area contributed by atoms with E-state index in [0.29, 0.717) is 35.8 Å². The molecule has 4 rings (SSSR count). The summed E-state index contributed by atoms with van der Waals surface area (Å²) in [6.07, 6.45) is 4.11. The zero-order valence-electron chi connectivity index (χ0n) is 18.8. The second-order valence-electron chi connectivity index (χ2n) is 8.17. The molecule has 8 heteroatoms. The van der Waals surface area contributed by atoms with Crippen molar-refractivity contribution in [3.8, 4) is 0 Å². The van der Waals surface area contributed by atoms with Crippen LogP contribution in [0.4, 0.5) is 5.82 Å². The van der Waals surface area contributed by atoms with Gasteiger partial charge in [0.2, 0.25) is 10.0 Å². The first-order valence-corrected chi connectivity index (χ1v) is 13.7. The number of rotatable bonds is 7. The molecule has 0 bridgehead atoms. The van der Waals surface area contributed by atoms with Crippen LogP contribution in [0.2, 0.25) is 5.02 Å². The topological polar surface area (TPSA) is 53.5 Å². The average molecular weight is 502 g/mol. The van der Waals surface area contributed by atoms with E-state index in [-0.39, 0.29) is 6.04 Å². The average Bonchev–Trinajstić information content (AvgIpc) is 2.83. The summed E-state index contributed by atoms with van der Waals surface area (Å²) in [6.45, 7) is 5.04. The predicted molar refractivity (Wildman–Crippen MR) is 136 cm³/mol. The highest BCUT2D eigenvalue weighted by molar-refractivity contribution is 8.00. The number of hydrogen-bond donors (Lipinski definition) is 0. The lowest BCUT2D eigenvalue weighted by Gasteiger charge is -2.38. The van der Waals surface area contributed by atoms with E-state index in [0.717, 1.165) is 28.3 Å². The maximum Gasteiger partial charge on any atom is 0.243 e. The van der Waals surface area contributed by atoms with Crippen molar-refractivity contribution >= 4 is 39.4 Å². The van der Waals surface area contributed by atoms with Crippen LogP contribution in [0, 0.1) is 6.92 Å². The monoisotopic (exact) mass is 501 g/mol. The molecule has 5 nitrogen and oxygen atoms in total. The molecule has 1 saturated heterocycles. The lowest BCUT2D eigenvalue weighted by molar-refractivity contribution is 0.322. The fourth-order valence-corrected chi connectivity index (χ4v) is 6.71. The minimum absolute atomic E-state index is 0.134. The van der Waals surface area contributed by atoms with Crippen LogP contribution in [0.25, 0.3) is 0 Å². The number of piperidine rings is 1. The third kappa shape index (κ3) is 5.54. The van der Waals surface area contributed by atoms with Crippen LogP contribution in [0.1, 0.15) is 30.9 Å². The molecule has 0 aliphatic carbocycles. The molecule has 0 spiro atoms. The van der Waals surface area contributed by atoms with E-state index < -0.39 is 10.0 Å². The summed E-state index contributed by atoms with van der Waals surface area (Å²) >= 11 is 8.01. The Bertz CT molecular complexity index is 1190. The lowest BCUT2D eigenvalue weighted by atomic mass is 10.1. The Kier molecular flexibility index (Phi) is 7.64. The van der Waals surface area contributed by atoms with E-state index in [1.807, 2.05) is 55.6 Å². The van der Waals surface area contributed by atoms with Crippen LogP contribution in [0.5, 0.6) is 0 Å². The van der Waals surface area contributed by atoms with Gasteiger partial charge >= 0.3 is 0 Å². The fraction of sp³-hybridized carbons (Fsp3) is 0.320. The van der Waals surface area contributed by atoms with Crippen molar-refractivity contribution in [3.05, 3.63) is 83.0 Å². The quantitative estimate of drug-likeness (QED) is 0.373. The van der Waals surface area contributed by atoms with Gasteiger partial charge < -0.3 is 0 Å². The van der Waals surface area contributed by atoms with Gasteiger partial charge in [-0.05, 0) is 85.7 Å². The first-order chi connectivity index (χ1) is 15.9. The van der Waals surface area contributed by atoms with E-state index in [4.69, 9.17) is 11.6 Å². The molecule has 1 aromatic heterocycles. The smallest absolute Gasteiger partial charge is 0.243 e. The third-order valence-corrected chi connectivity index (χ3v) is 9.47. The summed E-state index contributed by atoms with van der Waals surface area (Å²) in [6, 6.07) is 19.1. The molecule has 2 heterocycles. The largest absolute Gasteiger partial charge is 0.293 e. The maximum absolute atomic E-state index is 13.2. The van der Waals surface area contributed by atoms with Crippen molar-refractivity contribution in [2.45, 2.75) is 48.9 Å². The zero-order chi connectivity index (χ0) is 23.4. The van der Waals surface area contributed by atoms with Crippen LogP contribution in [0.3, 0.4) is 0 Å². The first-order valence-electron chi connectivity index (χ1n) is 11.1. The van der Waals surface area contributed by atoms with Gasteiger partial charge in [0.15, 0.2) is 0 Å². The molecule has 0 unspecified atom stereocenters. The molecule has 174 valence electrons. The molecular weight excluding hydrogens is 474 g/mol. The van der Waals surface area contributed by atoms with Gasteiger partial charge in [0.05, 0.1) is 9.92 Å². The molecule has 2 aromatic carbocycles. The van der Waals surface area contributed by atoms with Gasteiger partial charge in [-0.1, -0.05) is 42.8 Å². The number of anilines is 1. The van der Waals surface area contributed by atoms with Crippen molar-refractivity contribution in [2.75, 3.05) is 17.4 Å². The van der Waals surface area contributed by atoms with Crippen molar-refractivity contribution in [3.63, 3.8) is 0 Å². The molecule has 0 atom stereocenters. The van der Waals surface area contributed by atoms with E-state index in [2.05, 4.69) is 22.3 Å². The number of nitrogens with zero attached hydrogens (tertiary/aromatic N) is 3. The van der Waals surface area contributed by atoms with E-state index in [1.165, 1.54) is 0 Å². The summed E-state index contributed by atoms with van der Waals surface area (Å²) in [5.41, 5.74) is 2.26. The standard InChI is InChI=1S/C25H28ClN3O2S2/c1-3-20-8-10-22(11-9-20)33(30,31)28-16-13-21(14-17-28)29(25-18-19(2)12-15-27-25)32-24-7-5-4-6-23(24)26/h4-12,15,18,21H,3,13-14,16-17H2,1-2H3. The van der Waals surface area contributed by atoms with Crippen LogP contribution < -0.4 is 4.31 Å². The normalized spacial score (nSPS) is 15.5. The van der Waals surface area contributed by atoms with Crippen molar-refractivity contribution in [1.29, 1.82) is 0 Å². The van der Waals surface area contributed by atoms with Crippen molar-refractivity contribution in [2.24, 2.45) is 0 Å². The van der Waals surface area contributed by atoms with Gasteiger partial charge in [-0.15, -0.1) is 0 Å². The Morgan fingerprint density at radius 3 is 2.42 bits per heavy atom. The minimum atomic E-state index is -3.50. The summed E-state index contributed by atoms with van der Waals surface area (Å²) in [4.78, 5) is 5.92. The highest BCUT2D eigenvalue weighted by Crippen LogP contribution is 2.37. The Labute approximate surface area is 206 Å². The second-order valence-corrected chi connectivity index (χ2v) is 11.5. The van der Waals surface area contributed by atoms with Gasteiger partial charge in [-0.2, -0.15) is 4.31 Å². The lowest BCUT2D eigenvalue weighted by Crippen LogP contribution is -2.45. The van der Waals surface area contributed by atoms with Gasteiger partial charge in [0.1, 0.15) is 5.82 Å².